The highest BCUT2D eigenvalue weighted by molar-refractivity contribution is 6.02. The third-order valence-corrected chi connectivity index (χ3v) is 2.92. The molecule has 10 heteroatoms. The zero-order chi connectivity index (χ0) is 17.8. The van der Waals surface area contributed by atoms with Gasteiger partial charge in [-0.3, -0.25) is 14.9 Å². The molecule has 0 saturated heterocycles. The molecule has 0 aliphatic heterocycles. The summed E-state index contributed by atoms with van der Waals surface area (Å²) in [6.07, 6.45) is 2.47. The summed E-state index contributed by atoms with van der Waals surface area (Å²) in [7, 11) is 0. The number of anilines is 1. The maximum absolute atomic E-state index is 13.5. The van der Waals surface area contributed by atoms with Gasteiger partial charge in [0.25, 0.3) is 5.91 Å². The highest BCUT2D eigenvalue weighted by atomic mass is 19.1. The van der Waals surface area contributed by atoms with Crippen LogP contribution in [0.4, 0.5) is 16.0 Å². The van der Waals surface area contributed by atoms with E-state index in [4.69, 9.17) is 9.15 Å². The molecule has 0 atom stereocenters. The second-order valence-corrected chi connectivity index (χ2v) is 4.64. The van der Waals surface area contributed by atoms with Crippen molar-refractivity contribution in [3.8, 4) is 11.8 Å². The molecule has 0 fully saturated rings. The van der Waals surface area contributed by atoms with Crippen LogP contribution in [0.3, 0.4) is 0 Å². The summed E-state index contributed by atoms with van der Waals surface area (Å²) in [5.41, 5.74) is 0.199. The van der Waals surface area contributed by atoms with Gasteiger partial charge in [0, 0.05) is 0 Å². The number of nitro groups is 1. The van der Waals surface area contributed by atoms with E-state index in [1.807, 2.05) is 0 Å². The summed E-state index contributed by atoms with van der Waals surface area (Å²) in [5.74, 6) is -2.10. The molecule has 0 radical (unpaired) electrons. The van der Waals surface area contributed by atoms with Crippen LogP contribution < -0.4 is 10.1 Å². The Morgan fingerprint density at radius 2 is 1.92 bits per heavy atom. The normalized spacial score (nSPS) is 10.3. The van der Waals surface area contributed by atoms with Gasteiger partial charge < -0.3 is 14.5 Å². The highest BCUT2D eigenvalue weighted by Crippen LogP contribution is 2.21. The number of nitrogens with zero attached hydrogens (tertiary/aromatic N) is 3. The Balaban J connectivity index is 1.67. The Kier molecular flexibility index (Phi) is 4.33. The van der Waals surface area contributed by atoms with Crippen LogP contribution in [0.2, 0.25) is 0 Å². The molecule has 1 N–H and O–H groups in total. The predicted octanol–water partition coefficient (Wildman–Crippen LogP) is 3.16. The second kappa shape index (κ2) is 6.74. The molecule has 2 heterocycles. The van der Waals surface area contributed by atoms with Crippen molar-refractivity contribution in [1.82, 2.24) is 9.97 Å². The maximum Gasteiger partial charge on any atom is 0.433 e. The van der Waals surface area contributed by atoms with Crippen LogP contribution in [-0.2, 0) is 0 Å². The first-order valence-corrected chi connectivity index (χ1v) is 6.83. The van der Waals surface area contributed by atoms with Crippen LogP contribution in [-0.4, -0.2) is 20.8 Å². The molecular formula is C15H9FN4O5. The second-order valence-electron chi connectivity index (χ2n) is 4.64. The number of rotatable bonds is 5. The summed E-state index contributed by atoms with van der Waals surface area (Å²) in [6, 6.07) is 7.87. The van der Waals surface area contributed by atoms with Gasteiger partial charge in [-0.1, -0.05) is 12.1 Å². The summed E-state index contributed by atoms with van der Waals surface area (Å²) in [6.45, 7) is 0. The molecule has 0 unspecified atom stereocenters. The quantitative estimate of drug-likeness (QED) is 0.557. The Labute approximate surface area is 139 Å². The number of carbonyl (C=O) groups excluding carboxylic acids is 1. The number of halogens is 1. The molecular weight excluding hydrogens is 335 g/mol. The summed E-state index contributed by atoms with van der Waals surface area (Å²) in [5, 5.41) is 12.9. The van der Waals surface area contributed by atoms with E-state index in [1.165, 1.54) is 36.7 Å². The molecule has 0 saturated carbocycles. The van der Waals surface area contributed by atoms with Crippen molar-refractivity contribution in [1.29, 1.82) is 0 Å². The number of hydrogen-bond donors (Lipinski definition) is 1. The molecule has 3 aromatic rings. The average molecular weight is 344 g/mol. The number of nitrogens with one attached hydrogen (secondary N) is 1. The molecule has 25 heavy (non-hydrogen) atoms. The van der Waals surface area contributed by atoms with Gasteiger partial charge in [-0.2, -0.15) is 0 Å². The SMILES string of the molecule is O=C(Nc1cnc(Oc2ccccc2F)nc1)c1ccc([N+](=O)[O-])o1. The van der Waals surface area contributed by atoms with E-state index in [0.29, 0.717) is 0 Å². The van der Waals surface area contributed by atoms with Gasteiger partial charge in [0.2, 0.25) is 0 Å². The van der Waals surface area contributed by atoms with Crippen LogP contribution in [0.1, 0.15) is 10.6 Å². The van der Waals surface area contributed by atoms with Crippen molar-refractivity contribution in [2.75, 3.05) is 5.32 Å². The average Bonchev–Trinajstić information content (AvgIpc) is 3.09. The van der Waals surface area contributed by atoms with Crippen LogP contribution in [0.5, 0.6) is 11.8 Å². The van der Waals surface area contributed by atoms with Gasteiger partial charge in [0.1, 0.15) is 4.92 Å². The minimum Gasteiger partial charge on any atom is -0.421 e. The predicted molar refractivity (Wildman–Crippen MR) is 81.8 cm³/mol. The standard InChI is InChI=1S/C15H9FN4O5/c16-10-3-1-2-4-11(10)25-15-17-7-9(8-18-15)19-14(21)12-5-6-13(24-12)20(22)23/h1-8H,(H,19,21). The first-order valence-electron chi connectivity index (χ1n) is 6.83. The number of ether oxygens (including phenoxy) is 1. The minimum absolute atomic E-state index is 0.0396. The van der Waals surface area contributed by atoms with Crippen molar-refractivity contribution in [3.05, 3.63) is 70.5 Å². The van der Waals surface area contributed by atoms with Crippen molar-refractivity contribution in [2.45, 2.75) is 0 Å². The summed E-state index contributed by atoms with van der Waals surface area (Å²) < 4.78 is 23.4. The molecule has 1 aromatic carbocycles. The molecule has 9 nitrogen and oxygen atoms in total. The van der Waals surface area contributed by atoms with Gasteiger partial charge in [-0.05, 0) is 18.2 Å². The van der Waals surface area contributed by atoms with Crippen molar-refractivity contribution >= 4 is 17.5 Å². The Morgan fingerprint density at radius 1 is 1.20 bits per heavy atom. The van der Waals surface area contributed by atoms with Crippen molar-refractivity contribution in [3.63, 3.8) is 0 Å². The zero-order valence-corrected chi connectivity index (χ0v) is 12.4. The number of aromatic nitrogens is 2. The van der Waals surface area contributed by atoms with Gasteiger partial charge >= 0.3 is 11.9 Å². The maximum atomic E-state index is 13.5. The Bertz CT molecular complexity index is 926. The molecule has 3 rings (SSSR count). The van der Waals surface area contributed by atoms with Crippen molar-refractivity contribution in [2.24, 2.45) is 0 Å². The third-order valence-electron chi connectivity index (χ3n) is 2.92. The lowest BCUT2D eigenvalue weighted by Crippen LogP contribution is -2.11. The van der Waals surface area contributed by atoms with E-state index in [2.05, 4.69) is 15.3 Å². The molecule has 0 aliphatic carbocycles. The monoisotopic (exact) mass is 344 g/mol. The fourth-order valence-corrected chi connectivity index (χ4v) is 1.80. The fraction of sp³-hybridized carbons (Fsp3) is 0. The van der Waals surface area contributed by atoms with E-state index in [0.717, 1.165) is 6.07 Å². The first kappa shape index (κ1) is 16.1. The first-order chi connectivity index (χ1) is 12.0. The number of furan rings is 1. The number of hydrogen-bond acceptors (Lipinski definition) is 7. The van der Waals surface area contributed by atoms with Crippen LogP contribution >= 0.6 is 0 Å². The third kappa shape index (κ3) is 3.75. The molecule has 0 aliphatic rings. The molecule has 126 valence electrons. The fourth-order valence-electron chi connectivity index (χ4n) is 1.80. The Morgan fingerprint density at radius 3 is 2.56 bits per heavy atom. The van der Waals surface area contributed by atoms with Gasteiger partial charge in [-0.15, -0.1) is 0 Å². The lowest BCUT2D eigenvalue weighted by molar-refractivity contribution is -0.402. The zero-order valence-electron chi connectivity index (χ0n) is 12.4. The lowest BCUT2D eigenvalue weighted by Gasteiger charge is -2.05. The van der Waals surface area contributed by atoms with Crippen LogP contribution in [0.25, 0.3) is 0 Å². The van der Waals surface area contributed by atoms with E-state index >= 15 is 0 Å². The van der Waals surface area contributed by atoms with Gasteiger partial charge in [-0.25, -0.2) is 14.4 Å². The smallest absolute Gasteiger partial charge is 0.421 e. The number of carbonyl (C=O) groups is 1. The van der Waals surface area contributed by atoms with E-state index in [-0.39, 0.29) is 23.2 Å². The highest BCUT2D eigenvalue weighted by Gasteiger charge is 2.17. The summed E-state index contributed by atoms with van der Waals surface area (Å²) >= 11 is 0. The lowest BCUT2D eigenvalue weighted by atomic mass is 10.3. The van der Waals surface area contributed by atoms with Crippen LogP contribution in [0, 0.1) is 15.9 Å². The van der Waals surface area contributed by atoms with Gasteiger partial charge in [0.15, 0.2) is 17.3 Å². The molecule has 0 spiro atoms. The van der Waals surface area contributed by atoms with Crippen LogP contribution in [0.15, 0.2) is 53.2 Å². The topological polar surface area (TPSA) is 120 Å². The molecule has 1 amide bonds. The minimum atomic E-state index is -0.755. The number of para-hydroxylation sites is 1. The van der Waals surface area contributed by atoms with Crippen molar-refractivity contribution < 1.29 is 23.3 Å². The molecule has 0 bridgehead atoms. The van der Waals surface area contributed by atoms with E-state index in [9.17, 15) is 19.3 Å². The largest absolute Gasteiger partial charge is 0.433 e. The number of benzene rings is 1. The number of amides is 1. The Hall–Kier alpha value is -3.82. The summed E-state index contributed by atoms with van der Waals surface area (Å²) in [4.78, 5) is 29.4. The van der Waals surface area contributed by atoms with E-state index < -0.39 is 22.5 Å². The van der Waals surface area contributed by atoms with E-state index in [1.54, 1.807) is 6.07 Å². The molecule has 2 aromatic heterocycles. The van der Waals surface area contributed by atoms with Gasteiger partial charge in [0.05, 0.1) is 24.1 Å².